The Balaban J connectivity index is 1.33. The molecule has 6 rings (SSSR count). The molecule has 3 heterocycles. The van der Waals surface area contributed by atoms with E-state index in [1.54, 1.807) is 6.20 Å². The number of hydrogen-bond acceptors (Lipinski definition) is 5. The molecule has 1 amide bonds. The molecule has 1 N–H and O–H groups in total. The number of anilines is 2. The third-order valence-corrected chi connectivity index (χ3v) is 7.13. The Hall–Kier alpha value is -3.35. The Morgan fingerprint density at radius 2 is 1.94 bits per heavy atom. The van der Waals surface area contributed by atoms with E-state index < -0.39 is 5.54 Å². The number of aromatic nitrogens is 3. The zero-order valence-electron chi connectivity index (χ0n) is 18.0. The first-order valence-electron chi connectivity index (χ1n) is 11.1. The second-order valence-corrected chi connectivity index (χ2v) is 9.31. The minimum atomic E-state index is -0.474. The van der Waals surface area contributed by atoms with E-state index in [0.29, 0.717) is 17.4 Å². The van der Waals surface area contributed by atoms with Gasteiger partial charge in [0.25, 0.3) is 5.91 Å². The third-order valence-electron chi connectivity index (χ3n) is 7.13. The van der Waals surface area contributed by atoms with Crippen LogP contribution in [-0.2, 0) is 5.54 Å². The van der Waals surface area contributed by atoms with Crippen LogP contribution in [0, 0.1) is 24.6 Å². The number of carbonyl (C=O) groups excluding carboxylic acids is 1. The van der Waals surface area contributed by atoms with Crippen LogP contribution in [0.3, 0.4) is 0 Å². The summed E-state index contributed by atoms with van der Waals surface area (Å²) in [5, 5.41) is 3.20. The maximum Gasteiger partial charge on any atom is 0.252 e. The average Bonchev–Trinajstić information content (AvgIpc) is 3.70. The van der Waals surface area contributed by atoms with E-state index in [1.165, 1.54) is 24.3 Å². The SMILES string of the molecule is Cc1nccc(N2C[C@@H]3C[C@@H]3c3nc([C@@]4(NC(=O)c5ccc(F)cc5)C[C@@H]4C)ccc32)n1. The van der Waals surface area contributed by atoms with Crippen molar-refractivity contribution >= 4 is 17.4 Å². The van der Waals surface area contributed by atoms with E-state index in [1.807, 2.05) is 19.1 Å². The van der Waals surface area contributed by atoms with Crippen LogP contribution in [0.5, 0.6) is 0 Å². The third kappa shape index (κ3) is 3.06. The zero-order valence-corrected chi connectivity index (χ0v) is 18.0. The number of halogens is 1. The molecule has 0 saturated heterocycles. The highest BCUT2D eigenvalue weighted by Crippen LogP contribution is 2.57. The van der Waals surface area contributed by atoms with Gasteiger partial charge in [-0.1, -0.05) is 6.92 Å². The molecule has 0 unspecified atom stereocenters. The second-order valence-electron chi connectivity index (χ2n) is 9.31. The van der Waals surface area contributed by atoms with E-state index in [2.05, 4.69) is 33.2 Å². The van der Waals surface area contributed by atoms with Crippen LogP contribution >= 0.6 is 0 Å². The Kier molecular flexibility index (Phi) is 4.12. The first-order valence-corrected chi connectivity index (χ1v) is 11.1. The number of rotatable bonds is 4. The molecule has 0 bridgehead atoms. The molecular formula is C25H24FN5O. The fourth-order valence-corrected chi connectivity index (χ4v) is 5.04. The van der Waals surface area contributed by atoms with Crippen LogP contribution in [0.1, 0.15) is 53.3 Å². The highest BCUT2D eigenvalue weighted by atomic mass is 19.1. The Bertz CT molecular complexity index is 1230. The topological polar surface area (TPSA) is 71.0 Å². The molecule has 32 heavy (non-hydrogen) atoms. The first kappa shape index (κ1) is 19.3. The van der Waals surface area contributed by atoms with Gasteiger partial charge in [-0.15, -0.1) is 0 Å². The molecule has 3 aliphatic rings. The van der Waals surface area contributed by atoms with Crippen molar-refractivity contribution in [3.8, 4) is 0 Å². The number of nitrogens with zero attached hydrogens (tertiary/aromatic N) is 4. The summed E-state index contributed by atoms with van der Waals surface area (Å²) in [5.74, 6) is 2.45. The molecule has 1 aliphatic heterocycles. The quantitative estimate of drug-likeness (QED) is 0.672. The number of fused-ring (bicyclic) bond motifs is 3. The summed E-state index contributed by atoms with van der Waals surface area (Å²) in [6, 6.07) is 11.8. The molecule has 2 aliphatic carbocycles. The summed E-state index contributed by atoms with van der Waals surface area (Å²) in [4.78, 5) is 29.1. The predicted molar refractivity (Wildman–Crippen MR) is 118 cm³/mol. The van der Waals surface area contributed by atoms with Crippen LogP contribution in [0.2, 0.25) is 0 Å². The zero-order chi connectivity index (χ0) is 22.0. The van der Waals surface area contributed by atoms with Crippen molar-refractivity contribution in [2.24, 2.45) is 11.8 Å². The Morgan fingerprint density at radius 3 is 2.66 bits per heavy atom. The first-order chi connectivity index (χ1) is 15.4. The van der Waals surface area contributed by atoms with Crippen molar-refractivity contribution in [3.63, 3.8) is 0 Å². The molecular weight excluding hydrogens is 405 g/mol. The van der Waals surface area contributed by atoms with E-state index in [9.17, 15) is 9.18 Å². The van der Waals surface area contributed by atoms with Crippen LogP contribution in [0.4, 0.5) is 15.9 Å². The molecule has 2 saturated carbocycles. The number of pyridine rings is 1. The van der Waals surface area contributed by atoms with Gasteiger partial charge in [0.1, 0.15) is 17.5 Å². The van der Waals surface area contributed by atoms with Gasteiger partial charge < -0.3 is 10.2 Å². The number of amides is 1. The number of benzene rings is 1. The van der Waals surface area contributed by atoms with Crippen LogP contribution in [-0.4, -0.2) is 27.4 Å². The number of aryl methyl sites for hydroxylation is 1. The Morgan fingerprint density at radius 1 is 1.16 bits per heavy atom. The highest BCUT2D eigenvalue weighted by Gasteiger charge is 2.56. The van der Waals surface area contributed by atoms with Gasteiger partial charge in [0.05, 0.1) is 22.6 Å². The van der Waals surface area contributed by atoms with Gasteiger partial charge in [-0.2, -0.15) is 0 Å². The second kappa shape index (κ2) is 6.82. The van der Waals surface area contributed by atoms with Crippen molar-refractivity contribution in [3.05, 3.63) is 77.3 Å². The molecule has 6 nitrogen and oxygen atoms in total. The lowest BCUT2D eigenvalue weighted by Crippen LogP contribution is -2.37. The van der Waals surface area contributed by atoms with E-state index in [0.717, 1.165) is 48.1 Å². The van der Waals surface area contributed by atoms with Crippen molar-refractivity contribution in [2.75, 3.05) is 11.4 Å². The standard InChI is InChI=1S/C25H24FN5O/c1-14-12-25(14,30-24(32)16-3-5-18(26)6-4-16)21-8-7-20-23(29-21)19-11-17(19)13-31(20)22-9-10-27-15(2)28-22/h3-10,14,17,19H,11-13H2,1-2H3,(H,30,32)/t14-,17-,19-,25+/m0/s1. The maximum atomic E-state index is 13.3. The summed E-state index contributed by atoms with van der Waals surface area (Å²) in [6.07, 6.45) is 3.77. The minimum absolute atomic E-state index is 0.198. The van der Waals surface area contributed by atoms with Crippen LogP contribution in [0.25, 0.3) is 0 Å². The van der Waals surface area contributed by atoms with Crippen molar-refractivity contribution in [2.45, 2.75) is 38.1 Å². The van der Waals surface area contributed by atoms with Gasteiger partial charge in [0.2, 0.25) is 0 Å². The van der Waals surface area contributed by atoms with Gasteiger partial charge in [-0.25, -0.2) is 14.4 Å². The lowest BCUT2D eigenvalue weighted by Gasteiger charge is -2.30. The van der Waals surface area contributed by atoms with E-state index in [-0.39, 0.29) is 17.6 Å². The fourth-order valence-electron chi connectivity index (χ4n) is 5.04. The smallest absolute Gasteiger partial charge is 0.252 e. The lowest BCUT2D eigenvalue weighted by atomic mass is 10.0. The van der Waals surface area contributed by atoms with Crippen molar-refractivity contribution in [1.29, 1.82) is 0 Å². The summed E-state index contributed by atoms with van der Waals surface area (Å²) in [6.45, 7) is 4.97. The molecule has 3 aromatic rings. The molecule has 162 valence electrons. The summed E-state index contributed by atoms with van der Waals surface area (Å²) in [5.41, 5.74) is 3.09. The van der Waals surface area contributed by atoms with E-state index >= 15 is 0 Å². The molecule has 0 radical (unpaired) electrons. The average molecular weight is 429 g/mol. The lowest BCUT2D eigenvalue weighted by molar-refractivity contribution is 0.0926. The van der Waals surface area contributed by atoms with Gasteiger partial charge in [0.15, 0.2) is 0 Å². The molecule has 4 atom stereocenters. The molecule has 7 heteroatoms. The maximum absolute atomic E-state index is 13.3. The molecule has 0 spiro atoms. The van der Waals surface area contributed by atoms with Crippen LogP contribution in [0.15, 0.2) is 48.7 Å². The highest BCUT2D eigenvalue weighted by molar-refractivity contribution is 5.95. The number of hydrogen-bond donors (Lipinski definition) is 1. The largest absolute Gasteiger partial charge is 0.341 e. The number of carbonyl (C=O) groups is 1. The summed E-state index contributed by atoms with van der Waals surface area (Å²) < 4.78 is 13.3. The Labute approximate surface area is 185 Å². The van der Waals surface area contributed by atoms with Gasteiger partial charge in [0, 0.05) is 24.2 Å². The van der Waals surface area contributed by atoms with E-state index in [4.69, 9.17) is 4.98 Å². The molecule has 1 aromatic carbocycles. The summed E-state index contributed by atoms with van der Waals surface area (Å²) >= 11 is 0. The molecule has 2 fully saturated rings. The number of nitrogens with one attached hydrogen (secondary N) is 1. The molecule has 2 aromatic heterocycles. The monoisotopic (exact) mass is 429 g/mol. The van der Waals surface area contributed by atoms with Gasteiger partial charge in [-0.3, -0.25) is 9.78 Å². The predicted octanol–water partition coefficient (Wildman–Crippen LogP) is 4.24. The summed E-state index contributed by atoms with van der Waals surface area (Å²) in [7, 11) is 0. The minimum Gasteiger partial charge on any atom is -0.341 e. The van der Waals surface area contributed by atoms with Gasteiger partial charge in [-0.05, 0) is 74.1 Å². The fraction of sp³-hybridized carbons (Fsp3) is 0.360. The van der Waals surface area contributed by atoms with Gasteiger partial charge >= 0.3 is 0 Å². The normalized spacial score (nSPS) is 27.3. The van der Waals surface area contributed by atoms with Crippen molar-refractivity contribution in [1.82, 2.24) is 20.3 Å². The van der Waals surface area contributed by atoms with Crippen LogP contribution < -0.4 is 10.2 Å². The van der Waals surface area contributed by atoms with Crippen molar-refractivity contribution < 1.29 is 9.18 Å².